The molecule has 0 heterocycles. The highest BCUT2D eigenvalue weighted by Crippen LogP contribution is 2.15. The minimum atomic E-state index is 0.883. The molecule has 0 spiro atoms. The van der Waals surface area contributed by atoms with Gasteiger partial charge in [0.05, 0.1) is 0 Å². The molecular formula is C9H11S. The van der Waals surface area contributed by atoms with Crippen molar-refractivity contribution >= 4 is 11.8 Å². The molecule has 0 saturated carbocycles. The van der Waals surface area contributed by atoms with Crippen LogP contribution in [0.1, 0.15) is 5.56 Å². The predicted octanol–water partition coefficient (Wildman–Crippen LogP) is 2.79. The summed E-state index contributed by atoms with van der Waals surface area (Å²) in [5.74, 6) is 0. The molecule has 0 N–H and O–H groups in total. The normalized spacial score (nSPS) is 9.80. The third-order valence-electron chi connectivity index (χ3n) is 1.42. The van der Waals surface area contributed by atoms with E-state index >= 15 is 0 Å². The summed E-state index contributed by atoms with van der Waals surface area (Å²) >= 11 is 1.77. The molecule has 0 fully saturated rings. The lowest BCUT2D eigenvalue weighted by Gasteiger charge is -1.98. The third-order valence-corrected chi connectivity index (χ3v) is 2.15. The fraction of sp³-hybridized carbons (Fsp3) is 0.222. The average molecular weight is 151 g/mol. The quantitative estimate of drug-likeness (QED) is 0.586. The topological polar surface area (TPSA) is 0 Å². The van der Waals surface area contributed by atoms with Crippen LogP contribution in [0.3, 0.4) is 0 Å². The van der Waals surface area contributed by atoms with Crippen LogP contribution in [0.2, 0.25) is 0 Å². The van der Waals surface area contributed by atoms with Crippen LogP contribution in [0.5, 0.6) is 0 Å². The smallest absolute Gasteiger partial charge is 0.00718 e. The second kappa shape index (κ2) is 3.67. The van der Waals surface area contributed by atoms with E-state index in [4.69, 9.17) is 0 Å². The number of thioether (sulfide) groups is 1. The van der Waals surface area contributed by atoms with Gasteiger partial charge in [-0.1, -0.05) is 12.1 Å². The Kier molecular flexibility index (Phi) is 2.82. The van der Waals surface area contributed by atoms with Gasteiger partial charge < -0.3 is 0 Å². The van der Waals surface area contributed by atoms with Gasteiger partial charge in [-0.3, -0.25) is 0 Å². The molecular weight excluding hydrogens is 140 g/mol. The van der Waals surface area contributed by atoms with E-state index in [-0.39, 0.29) is 0 Å². The predicted molar refractivity (Wildman–Crippen MR) is 47.3 cm³/mol. The molecule has 0 aromatic heterocycles. The molecule has 53 valence electrons. The summed E-state index contributed by atoms with van der Waals surface area (Å²) in [6.45, 7) is 3.82. The van der Waals surface area contributed by atoms with Gasteiger partial charge in [-0.25, -0.2) is 0 Å². The van der Waals surface area contributed by atoms with Crippen molar-refractivity contribution in [1.82, 2.24) is 0 Å². The highest BCUT2D eigenvalue weighted by Gasteiger charge is 1.90. The fourth-order valence-electron chi connectivity index (χ4n) is 0.828. The van der Waals surface area contributed by atoms with Crippen molar-refractivity contribution in [3.8, 4) is 0 Å². The maximum atomic E-state index is 3.82. The van der Waals surface area contributed by atoms with Gasteiger partial charge in [-0.15, -0.1) is 11.8 Å². The SMILES string of the molecule is [CH2]Cc1cccc(SC)c1. The fourth-order valence-corrected chi connectivity index (χ4v) is 1.31. The van der Waals surface area contributed by atoms with E-state index < -0.39 is 0 Å². The summed E-state index contributed by atoms with van der Waals surface area (Å²) in [6, 6.07) is 8.47. The Morgan fingerprint density at radius 3 is 2.90 bits per heavy atom. The molecule has 0 aliphatic carbocycles. The van der Waals surface area contributed by atoms with Gasteiger partial charge in [0.15, 0.2) is 0 Å². The van der Waals surface area contributed by atoms with Crippen molar-refractivity contribution < 1.29 is 0 Å². The lowest BCUT2D eigenvalue weighted by molar-refractivity contribution is 1.23. The molecule has 0 aliphatic heterocycles. The van der Waals surface area contributed by atoms with Gasteiger partial charge in [0, 0.05) is 4.90 Å². The number of benzene rings is 1. The van der Waals surface area contributed by atoms with E-state index in [1.807, 2.05) is 0 Å². The van der Waals surface area contributed by atoms with Crippen LogP contribution in [-0.2, 0) is 6.42 Å². The van der Waals surface area contributed by atoms with Crippen molar-refractivity contribution in [3.05, 3.63) is 36.8 Å². The first-order valence-electron chi connectivity index (χ1n) is 3.29. The Labute approximate surface area is 66.6 Å². The van der Waals surface area contributed by atoms with Gasteiger partial charge in [0.1, 0.15) is 0 Å². The average Bonchev–Trinajstić information content (AvgIpc) is 2.05. The van der Waals surface area contributed by atoms with Crippen LogP contribution in [0, 0.1) is 6.92 Å². The lowest BCUT2D eigenvalue weighted by Crippen LogP contribution is -1.78. The molecule has 0 unspecified atom stereocenters. The lowest BCUT2D eigenvalue weighted by atomic mass is 10.2. The molecule has 0 saturated heterocycles. The van der Waals surface area contributed by atoms with Crippen molar-refractivity contribution in [2.45, 2.75) is 11.3 Å². The first kappa shape index (κ1) is 7.67. The van der Waals surface area contributed by atoms with Crippen molar-refractivity contribution in [1.29, 1.82) is 0 Å². The van der Waals surface area contributed by atoms with Gasteiger partial charge in [-0.2, -0.15) is 0 Å². The first-order valence-corrected chi connectivity index (χ1v) is 4.51. The van der Waals surface area contributed by atoms with Crippen LogP contribution >= 0.6 is 11.8 Å². The Balaban J connectivity index is 2.87. The monoisotopic (exact) mass is 151 g/mol. The first-order chi connectivity index (χ1) is 4.86. The molecule has 1 radical (unpaired) electrons. The Hall–Kier alpha value is -0.430. The van der Waals surface area contributed by atoms with Crippen LogP contribution < -0.4 is 0 Å². The number of rotatable bonds is 2. The molecule has 0 nitrogen and oxygen atoms in total. The van der Waals surface area contributed by atoms with Crippen molar-refractivity contribution in [2.75, 3.05) is 6.26 Å². The minimum Gasteiger partial charge on any atom is -0.130 e. The summed E-state index contributed by atoms with van der Waals surface area (Å²) in [5, 5.41) is 0. The minimum absolute atomic E-state index is 0.883. The molecule has 1 rings (SSSR count). The highest BCUT2D eigenvalue weighted by molar-refractivity contribution is 7.98. The maximum absolute atomic E-state index is 3.82. The van der Waals surface area contributed by atoms with Crippen molar-refractivity contribution in [3.63, 3.8) is 0 Å². The van der Waals surface area contributed by atoms with E-state index in [0.29, 0.717) is 0 Å². The van der Waals surface area contributed by atoms with E-state index in [0.717, 1.165) is 6.42 Å². The standard InChI is InChI=1S/C9H11S/c1-3-8-5-4-6-9(7-8)10-2/h4-7H,1,3H2,2H3. The molecule has 1 aromatic rings. The highest BCUT2D eigenvalue weighted by atomic mass is 32.2. The Morgan fingerprint density at radius 1 is 1.50 bits per heavy atom. The summed E-state index contributed by atoms with van der Waals surface area (Å²) in [6.07, 6.45) is 2.97. The van der Waals surface area contributed by atoms with E-state index in [1.54, 1.807) is 11.8 Å². The maximum Gasteiger partial charge on any atom is 0.00718 e. The molecule has 1 heteroatoms. The van der Waals surface area contributed by atoms with Gasteiger partial charge in [0.25, 0.3) is 0 Å². The van der Waals surface area contributed by atoms with E-state index in [1.165, 1.54) is 10.5 Å². The second-order valence-electron chi connectivity index (χ2n) is 2.10. The van der Waals surface area contributed by atoms with Crippen LogP contribution in [-0.4, -0.2) is 6.26 Å². The summed E-state index contributed by atoms with van der Waals surface area (Å²) in [7, 11) is 0. The molecule has 0 atom stereocenters. The van der Waals surface area contributed by atoms with Crippen LogP contribution in [0.25, 0.3) is 0 Å². The zero-order valence-electron chi connectivity index (χ0n) is 6.13. The van der Waals surface area contributed by atoms with Gasteiger partial charge >= 0.3 is 0 Å². The molecule has 0 amide bonds. The zero-order valence-corrected chi connectivity index (χ0v) is 6.95. The van der Waals surface area contributed by atoms with Gasteiger partial charge in [0.2, 0.25) is 0 Å². The van der Waals surface area contributed by atoms with Crippen LogP contribution in [0.15, 0.2) is 29.2 Å². The Morgan fingerprint density at radius 2 is 2.30 bits per heavy atom. The molecule has 0 aliphatic rings. The van der Waals surface area contributed by atoms with Crippen molar-refractivity contribution in [2.24, 2.45) is 0 Å². The summed E-state index contributed by atoms with van der Waals surface area (Å²) < 4.78 is 0. The van der Waals surface area contributed by atoms with Crippen LogP contribution in [0.4, 0.5) is 0 Å². The third kappa shape index (κ3) is 1.77. The Bertz CT molecular complexity index is 186. The molecule has 0 bridgehead atoms. The summed E-state index contributed by atoms with van der Waals surface area (Å²) in [4.78, 5) is 1.32. The summed E-state index contributed by atoms with van der Waals surface area (Å²) in [5.41, 5.74) is 1.31. The largest absolute Gasteiger partial charge is 0.130 e. The molecule has 1 aromatic carbocycles. The van der Waals surface area contributed by atoms with E-state index in [9.17, 15) is 0 Å². The number of hydrogen-bond acceptors (Lipinski definition) is 1. The van der Waals surface area contributed by atoms with Gasteiger partial charge in [-0.05, 0) is 37.3 Å². The van der Waals surface area contributed by atoms with E-state index in [2.05, 4.69) is 37.4 Å². The molecule has 10 heavy (non-hydrogen) atoms. The zero-order chi connectivity index (χ0) is 7.40. The number of hydrogen-bond donors (Lipinski definition) is 0. The second-order valence-corrected chi connectivity index (χ2v) is 2.98.